The van der Waals surface area contributed by atoms with Crippen molar-refractivity contribution in [2.24, 2.45) is 5.92 Å². The van der Waals surface area contributed by atoms with Gasteiger partial charge in [-0.15, -0.1) is 0 Å². The lowest BCUT2D eigenvalue weighted by Gasteiger charge is -2.31. The number of piperidine rings is 1. The molecule has 1 heterocycles. The molecule has 0 bridgehead atoms. The van der Waals surface area contributed by atoms with Gasteiger partial charge in [0, 0.05) is 29.1 Å². The number of anilines is 1. The van der Waals surface area contributed by atoms with Crippen molar-refractivity contribution in [3.63, 3.8) is 0 Å². The predicted molar refractivity (Wildman–Crippen MR) is 109 cm³/mol. The van der Waals surface area contributed by atoms with Crippen molar-refractivity contribution >= 4 is 33.2 Å². The van der Waals surface area contributed by atoms with Crippen LogP contribution in [0.25, 0.3) is 0 Å². The summed E-state index contributed by atoms with van der Waals surface area (Å²) in [7, 11) is 0. The molecule has 0 aliphatic carbocycles. The van der Waals surface area contributed by atoms with Crippen LogP contribution in [0.1, 0.15) is 24.0 Å². The van der Waals surface area contributed by atoms with Crippen molar-refractivity contribution in [2.75, 3.05) is 18.4 Å². The molecule has 0 radical (unpaired) electrons. The van der Waals surface area contributed by atoms with Gasteiger partial charge in [-0.25, -0.2) is 0 Å². The van der Waals surface area contributed by atoms with E-state index in [-0.39, 0.29) is 17.5 Å². The van der Waals surface area contributed by atoms with Crippen LogP contribution in [0, 0.1) is 23.0 Å². The summed E-state index contributed by atoms with van der Waals surface area (Å²) in [6, 6.07) is 12.8. The Morgan fingerprint density at radius 2 is 1.89 bits per heavy atom. The third-order valence-corrected chi connectivity index (χ3v) is 5.50. The zero-order chi connectivity index (χ0) is 19.4. The Kier molecular flexibility index (Phi) is 6.23. The highest BCUT2D eigenvalue weighted by molar-refractivity contribution is 9.10. The first-order chi connectivity index (χ1) is 12.9. The van der Waals surface area contributed by atoms with Crippen molar-refractivity contribution < 1.29 is 9.72 Å². The number of benzene rings is 2. The van der Waals surface area contributed by atoms with E-state index in [1.54, 1.807) is 6.07 Å². The topological polar surface area (TPSA) is 75.5 Å². The molecule has 2 aromatic rings. The molecule has 6 nitrogen and oxygen atoms in total. The van der Waals surface area contributed by atoms with E-state index in [2.05, 4.69) is 38.3 Å². The molecule has 1 aliphatic rings. The number of likely N-dealkylation sites (tertiary alicyclic amines) is 1. The van der Waals surface area contributed by atoms with Crippen LogP contribution in [-0.2, 0) is 11.3 Å². The van der Waals surface area contributed by atoms with Crippen LogP contribution in [0.5, 0.6) is 0 Å². The Labute approximate surface area is 166 Å². The molecule has 0 atom stereocenters. The van der Waals surface area contributed by atoms with Crippen LogP contribution in [0.4, 0.5) is 11.4 Å². The lowest BCUT2D eigenvalue weighted by molar-refractivity contribution is -0.384. The summed E-state index contributed by atoms with van der Waals surface area (Å²) in [4.78, 5) is 25.4. The maximum Gasteiger partial charge on any atom is 0.271 e. The number of rotatable bonds is 5. The zero-order valence-corrected chi connectivity index (χ0v) is 16.7. The predicted octanol–water partition coefficient (Wildman–Crippen LogP) is 4.52. The Morgan fingerprint density at radius 1 is 1.22 bits per heavy atom. The van der Waals surface area contributed by atoms with Crippen molar-refractivity contribution in [3.8, 4) is 0 Å². The Hall–Kier alpha value is -2.25. The number of halogens is 1. The number of hydrogen-bond donors (Lipinski definition) is 1. The third-order valence-electron chi connectivity index (χ3n) is 4.97. The van der Waals surface area contributed by atoms with Gasteiger partial charge in [0.1, 0.15) is 0 Å². The second-order valence-electron chi connectivity index (χ2n) is 6.92. The summed E-state index contributed by atoms with van der Waals surface area (Å²) in [6.07, 6.45) is 1.58. The number of non-ortho nitro benzene ring substituents is 1. The number of nitrogens with one attached hydrogen (secondary N) is 1. The molecule has 142 valence electrons. The first-order valence-corrected chi connectivity index (χ1v) is 9.74. The summed E-state index contributed by atoms with van der Waals surface area (Å²) >= 11 is 3.44. The van der Waals surface area contributed by atoms with Crippen LogP contribution >= 0.6 is 15.9 Å². The Balaban J connectivity index is 1.55. The molecule has 1 saturated heterocycles. The van der Waals surface area contributed by atoms with Gasteiger partial charge in [-0.1, -0.05) is 34.1 Å². The highest BCUT2D eigenvalue weighted by atomic mass is 79.9. The quantitative estimate of drug-likeness (QED) is 0.557. The first kappa shape index (κ1) is 19.5. The number of hydrogen-bond acceptors (Lipinski definition) is 4. The van der Waals surface area contributed by atoms with Crippen molar-refractivity contribution in [1.82, 2.24) is 4.90 Å². The molecular formula is C20H22BrN3O3. The molecule has 27 heavy (non-hydrogen) atoms. The largest absolute Gasteiger partial charge is 0.325 e. The van der Waals surface area contributed by atoms with Crippen LogP contribution in [0.2, 0.25) is 0 Å². The maximum atomic E-state index is 12.6. The smallest absolute Gasteiger partial charge is 0.271 e. The third kappa shape index (κ3) is 5.14. The minimum absolute atomic E-state index is 0.0137. The fraction of sp³-hybridized carbons (Fsp3) is 0.350. The average molecular weight is 432 g/mol. The number of carbonyl (C=O) groups excluding carboxylic acids is 1. The summed E-state index contributed by atoms with van der Waals surface area (Å²) in [5.74, 6) is -0.119. The molecule has 7 heteroatoms. The molecule has 2 aromatic carbocycles. The molecule has 1 amide bonds. The van der Waals surface area contributed by atoms with E-state index in [0.717, 1.165) is 42.5 Å². The number of nitro benzene ring substituents is 1. The minimum atomic E-state index is -0.449. The van der Waals surface area contributed by atoms with Crippen molar-refractivity contribution in [2.45, 2.75) is 26.3 Å². The van der Waals surface area contributed by atoms with Gasteiger partial charge in [-0.05, 0) is 56.1 Å². The van der Waals surface area contributed by atoms with E-state index in [0.29, 0.717) is 5.69 Å². The SMILES string of the molecule is Cc1ccc([N+](=O)[O-])cc1NC(=O)C1CCN(Cc2ccc(Br)cc2)CC1. The molecule has 1 aliphatic heterocycles. The van der Waals surface area contributed by atoms with E-state index in [4.69, 9.17) is 0 Å². The second kappa shape index (κ2) is 8.63. The molecule has 0 unspecified atom stereocenters. The summed E-state index contributed by atoms with van der Waals surface area (Å²) < 4.78 is 1.07. The summed E-state index contributed by atoms with van der Waals surface area (Å²) in [6.45, 7) is 4.44. The van der Waals surface area contributed by atoms with E-state index in [1.807, 2.05) is 19.1 Å². The zero-order valence-electron chi connectivity index (χ0n) is 15.2. The van der Waals surface area contributed by atoms with Crippen LogP contribution in [0.3, 0.4) is 0 Å². The minimum Gasteiger partial charge on any atom is -0.325 e. The van der Waals surface area contributed by atoms with E-state index in [1.165, 1.54) is 17.7 Å². The number of carbonyl (C=O) groups is 1. The van der Waals surface area contributed by atoms with Crippen molar-refractivity contribution in [1.29, 1.82) is 0 Å². The molecule has 1 fully saturated rings. The standard InChI is InChI=1S/C20H22BrN3O3/c1-14-2-7-18(24(26)27)12-19(14)22-20(25)16-8-10-23(11-9-16)13-15-3-5-17(21)6-4-15/h2-7,12,16H,8-11,13H2,1H3,(H,22,25). The van der Waals surface area contributed by atoms with E-state index in [9.17, 15) is 14.9 Å². The molecule has 0 spiro atoms. The monoisotopic (exact) mass is 431 g/mol. The maximum absolute atomic E-state index is 12.6. The second-order valence-corrected chi connectivity index (χ2v) is 7.84. The van der Waals surface area contributed by atoms with Gasteiger partial charge in [0.05, 0.1) is 10.6 Å². The van der Waals surface area contributed by atoms with Crippen LogP contribution in [0.15, 0.2) is 46.9 Å². The van der Waals surface area contributed by atoms with E-state index < -0.39 is 4.92 Å². The van der Waals surface area contributed by atoms with E-state index >= 15 is 0 Å². The Bertz CT molecular complexity index is 831. The Morgan fingerprint density at radius 3 is 2.52 bits per heavy atom. The van der Waals surface area contributed by atoms with Gasteiger partial charge in [-0.2, -0.15) is 0 Å². The molecule has 3 rings (SSSR count). The fourth-order valence-corrected chi connectivity index (χ4v) is 3.56. The normalized spacial score (nSPS) is 15.5. The van der Waals surface area contributed by atoms with Gasteiger partial charge in [0.25, 0.3) is 5.69 Å². The van der Waals surface area contributed by atoms with Crippen molar-refractivity contribution in [3.05, 3.63) is 68.2 Å². The summed E-state index contributed by atoms with van der Waals surface area (Å²) in [5.41, 5.74) is 2.58. The molecular weight excluding hydrogens is 410 g/mol. The van der Waals surface area contributed by atoms with Gasteiger partial charge in [0.2, 0.25) is 5.91 Å². The fourth-order valence-electron chi connectivity index (χ4n) is 3.29. The molecule has 1 N–H and O–H groups in total. The van der Waals surface area contributed by atoms with Gasteiger partial charge in [0.15, 0.2) is 0 Å². The number of amides is 1. The van der Waals surface area contributed by atoms with Crippen LogP contribution < -0.4 is 5.32 Å². The van der Waals surface area contributed by atoms with Gasteiger partial charge in [-0.3, -0.25) is 19.8 Å². The summed E-state index contributed by atoms with van der Waals surface area (Å²) in [5, 5.41) is 13.8. The lowest BCUT2D eigenvalue weighted by atomic mass is 9.95. The lowest BCUT2D eigenvalue weighted by Crippen LogP contribution is -2.37. The molecule has 0 saturated carbocycles. The number of aryl methyl sites for hydroxylation is 1. The van der Waals surface area contributed by atoms with Gasteiger partial charge >= 0.3 is 0 Å². The van der Waals surface area contributed by atoms with Gasteiger partial charge < -0.3 is 5.32 Å². The van der Waals surface area contributed by atoms with Crippen LogP contribution in [-0.4, -0.2) is 28.8 Å². The number of nitrogens with zero attached hydrogens (tertiary/aromatic N) is 2. The first-order valence-electron chi connectivity index (χ1n) is 8.95. The number of nitro groups is 1. The molecule has 0 aromatic heterocycles. The highest BCUT2D eigenvalue weighted by Crippen LogP contribution is 2.25. The highest BCUT2D eigenvalue weighted by Gasteiger charge is 2.25. The average Bonchev–Trinajstić information content (AvgIpc) is 2.65.